The quantitative estimate of drug-likeness (QED) is 0.453. The second kappa shape index (κ2) is 10.8. The topological polar surface area (TPSA) is 77.4 Å². The van der Waals surface area contributed by atoms with Crippen LogP contribution in [0.25, 0.3) is 0 Å². The van der Waals surface area contributed by atoms with E-state index < -0.39 is 30.1 Å². The van der Waals surface area contributed by atoms with Crippen molar-refractivity contribution in [1.82, 2.24) is 9.88 Å². The van der Waals surface area contributed by atoms with Crippen LogP contribution in [0.3, 0.4) is 0 Å². The van der Waals surface area contributed by atoms with Crippen LogP contribution < -0.4 is 5.32 Å². The third-order valence-electron chi connectivity index (χ3n) is 4.96. The number of amides is 1. The minimum absolute atomic E-state index is 0.105. The minimum atomic E-state index is -0.989. The molecule has 1 amide bonds. The van der Waals surface area contributed by atoms with Crippen molar-refractivity contribution in [2.75, 3.05) is 13.2 Å². The standard InChI is InChI=1S/C23H28F2N2O4/c1-14(2)8-10-27-15(3)11-19(16(27)4)21(28)13-31-22(29)7-9-26-23(30)18-6-5-17(24)12-20(18)25/h5-6,11-12,14H,7-10,13H2,1-4H3,(H,26,30). The molecule has 0 aliphatic carbocycles. The first-order chi connectivity index (χ1) is 14.6. The Bertz CT molecular complexity index is 967. The predicted octanol–water partition coefficient (Wildman–Crippen LogP) is 3.98. The molecule has 0 aliphatic heterocycles. The van der Waals surface area contributed by atoms with Crippen LogP contribution in [-0.4, -0.2) is 35.4 Å². The van der Waals surface area contributed by atoms with Gasteiger partial charge in [-0.3, -0.25) is 14.4 Å². The predicted molar refractivity (Wildman–Crippen MR) is 112 cm³/mol. The molecule has 0 atom stereocenters. The van der Waals surface area contributed by atoms with Crippen molar-refractivity contribution in [3.05, 3.63) is 58.4 Å². The number of rotatable bonds is 10. The third kappa shape index (κ3) is 6.73. The lowest BCUT2D eigenvalue weighted by atomic mass is 10.1. The highest BCUT2D eigenvalue weighted by Gasteiger charge is 2.18. The molecule has 2 rings (SSSR count). The van der Waals surface area contributed by atoms with E-state index in [0.717, 1.165) is 36.5 Å². The first-order valence-corrected chi connectivity index (χ1v) is 10.2. The molecule has 0 spiro atoms. The average Bonchev–Trinajstić information content (AvgIpc) is 2.98. The van der Waals surface area contributed by atoms with E-state index in [4.69, 9.17) is 4.74 Å². The van der Waals surface area contributed by atoms with Crippen LogP contribution in [0.4, 0.5) is 8.78 Å². The van der Waals surface area contributed by atoms with Gasteiger partial charge in [0.05, 0.1) is 12.0 Å². The molecule has 1 aromatic heterocycles. The van der Waals surface area contributed by atoms with Gasteiger partial charge in [0.25, 0.3) is 5.91 Å². The first kappa shape index (κ1) is 24.2. The fourth-order valence-electron chi connectivity index (χ4n) is 3.16. The Morgan fingerprint density at radius 2 is 1.81 bits per heavy atom. The van der Waals surface area contributed by atoms with Gasteiger partial charge in [0, 0.05) is 36.1 Å². The molecule has 0 bridgehead atoms. The van der Waals surface area contributed by atoms with E-state index in [1.807, 2.05) is 13.8 Å². The Morgan fingerprint density at radius 1 is 1.10 bits per heavy atom. The van der Waals surface area contributed by atoms with Crippen LogP contribution in [-0.2, 0) is 16.1 Å². The summed E-state index contributed by atoms with van der Waals surface area (Å²) in [5.74, 6) is -2.97. The Kier molecular flexibility index (Phi) is 8.47. The molecular weight excluding hydrogens is 406 g/mol. The van der Waals surface area contributed by atoms with E-state index in [0.29, 0.717) is 17.5 Å². The molecular formula is C23H28F2N2O4. The molecule has 2 aromatic rings. The van der Waals surface area contributed by atoms with Crippen molar-refractivity contribution in [3.8, 4) is 0 Å². The van der Waals surface area contributed by atoms with Crippen molar-refractivity contribution >= 4 is 17.7 Å². The summed E-state index contributed by atoms with van der Waals surface area (Å²) in [5, 5.41) is 2.36. The molecule has 0 fully saturated rings. The molecule has 0 radical (unpaired) electrons. The summed E-state index contributed by atoms with van der Waals surface area (Å²) in [5.41, 5.74) is 2.02. The van der Waals surface area contributed by atoms with Crippen molar-refractivity contribution in [2.24, 2.45) is 5.92 Å². The number of nitrogens with one attached hydrogen (secondary N) is 1. The molecule has 0 saturated heterocycles. The highest BCUT2D eigenvalue weighted by Crippen LogP contribution is 2.18. The zero-order valence-corrected chi connectivity index (χ0v) is 18.3. The van der Waals surface area contributed by atoms with E-state index in [-0.39, 0.29) is 24.3 Å². The average molecular weight is 434 g/mol. The van der Waals surface area contributed by atoms with Crippen molar-refractivity contribution < 1.29 is 27.9 Å². The zero-order valence-electron chi connectivity index (χ0n) is 18.3. The lowest BCUT2D eigenvalue weighted by Crippen LogP contribution is -2.27. The van der Waals surface area contributed by atoms with Gasteiger partial charge in [0.1, 0.15) is 11.6 Å². The minimum Gasteiger partial charge on any atom is -0.457 e. The number of aromatic nitrogens is 1. The number of hydrogen-bond acceptors (Lipinski definition) is 4. The van der Waals surface area contributed by atoms with E-state index in [1.165, 1.54) is 0 Å². The maximum Gasteiger partial charge on any atom is 0.308 e. The second-order valence-corrected chi connectivity index (χ2v) is 7.83. The monoisotopic (exact) mass is 434 g/mol. The lowest BCUT2D eigenvalue weighted by molar-refractivity contribution is -0.142. The maximum absolute atomic E-state index is 13.6. The molecule has 168 valence electrons. The van der Waals surface area contributed by atoms with Gasteiger partial charge >= 0.3 is 5.97 Å². The van der Waals surface area contributed by atoms with Gasteiger partial charge in [-0.05, 0) is 44.4 Å². The molecule has 1 aromatic carbocycles. The Labute approximate surface area is 180 Å². The van der Waals surface area contributed by atoms with Crippen LogP contribution in [0.15, 0.2) is 24.3 Å². The highest BCUT2D eigenvalue weighted by molar-refractivity contribution is 5.99. The van der Waals surface area contributed by atoms with Gasteiger partial charge in [-0.15, -0.1) is 0 Å². The summed E-state index contributed by atoms with van der Waals surface area (Å²) in [6, 6.07) is 4.39. The van der Waals surface area contributed by atoms with Gasteiger partial charge in [-0.25, -0.2) is 8.78 Å². The van der Waals surface area contributed by atoms with E-state index in [9.17, 15) is 23.2 Å². The van der Waals surface area contributed by atoms with E-state index >= 15 is 0 Å². The van der Waals surface area contributed by atoms with Crippen LogP contribution in [0.2, 0.25) is 0 Å². The summed E-state index contributed by atoms with van der Waals surface area (Å²) in [7, 11) is 0. The number of esters is 1. The molecule has 31 heavy (non-hydrogen) atoms. The number of ether oxygens (including phenoxy) is 1. The van der Waals surface area contributed by atoms with Gasteiger partial charge in [-0.1, -0.05) is 13.8 Å². The van der Waals surface area contributed by atoms with Crippen molar-refractivity contribution in [2.45, 2.75) is 47.1 Å². The molecule has 0 saturated carbocycles. The number of benzene rings is 1. The number of carbonyl (C=O) groups excluding carboxylic acids is 3. The van der Waals surface area contributed by atoms with Crippen LogP contribution in [0, 0.1) is 31.4 Å². The fourth-order valence-corrected chi connectivity index (χ4v) is 3.16. The zero-order chi connectivity index (χ0) is 23.1. The van der Waals surface area contributed by atoms with E-state index in [1.54, 1.807) is 6.07 Å². The highest BCUT2D eigenvalue weighted by atomic mass is 19.1. The molecule has 1 N–H and O–H groups in total. The maximum atomic E-state index is 13.6. The van der Waals surface area contributed by atoms with Crippen molar-refractivity contribution in [1.29, 1.82) is 0 Å². The summed E-state index contributed by atoms with van der Waals surface area (Å²) in [6.45, 7) is 8.39. The van der Waals surface area contributed by atoms with Gasteiger partial charge < -0.3 is 14.6 Å². The normalized spacial score (nSPS) is 10.9. The summed E-state index contributed by atoms with van der Waals surface area (Å²) in [4.78, 5) is 36.3. The molecule has 1 heterocycles. The number of Topliss-reactive ketones (excluding diaryl/α,β-unsaturated/α-hetero) is 1. The largest absolute Gasteiger partial charge is 0.457 e. The molecule has 8 heteroatoms. The third-order valence-corrected chi connectivity index (χ3v) is 4.96. The molecule has 0 aliphatic rings. The Balaban J connectivity index is 1.81. The summed E-state index contributed by atoms with van der Waals surface area (Å²) >= 11 is 0. The number of aryl methyl sites for hydroxylation is 1. The number of nitrogens with zero attached hydrogens (tertiary/aromatic N) is 1. The van der Waals surface area contributed by atoms with Gasteiger partial charge in [-0.2, -0.15) is 0 Å². The number of hydrogen-bond donors (Lipinski definition) is 1. The second-order valence-electron chi connectivity index (χ2n) is 7.83. The first-order valence-electron chi connectivity index (χ1n) is 10.2. The van der Waals surface area contributed by atoms with E-state index in [2.05, 4.69) is 23.7 Å². The van der Waals surface area contributed by atoms with Crippen LogP contribution >= 0.6 is 0 Å². The fraction of sp³-hybridized carbons (Fsp3) is 0.435. The lowest BCUT2D eigenvalue weighted by Gasteiger charge is -2.11. The number of carbonyl (C=O) groups is 3. The Morgan fingerprint density at radius 3 is 2.45 bits per heavy atom. The molecule has 6 nitrogen and oxygen atoms in total. The Hall–Kier alpha value is -3.03. The number of ketones is 1. The van der Waals surface area contributed by atoms with Gasteiger partial charge in [0.2, 0.25) is 5.78 Å². The SMILES string of the molecule is Cc1cc(C(=O)COC(=O)CCNC(=O)c2ccc(F)cc2F)c(C)n1CCC(C)C. The summed E-state index contributed by atoms with van der Waals surface area (Å²) < 4.78 is 33.6. The van der Waals surface area contributed by atoms with Crippen molar-refractivity contribution in [3.63, 3.8) is 0 Å². The molecule has 0 unspecified atom stereocenters. The smallest absolute Gasteiger partial charge is 0.308 e. The summed E-state index contributed by atoms with van der Waals surface area (Å²) in [6.07, 6.45) is 0.807. The number of halogens is 2. The van der Waals surface area contributed by atoms with Crippen LogP contribution in [0.5, 0.6) is 0 Å². The van der Waals surface area contributed by atoms with Gasteiger partial charge in [0.15, 0.2) is 6.61 Å². The van der Waals surface area contributed by atoms with Crippen LogP contribution in [0.1, 0.15) is 58.8 Å².